The minimum Gasteiger partial charge on any atom is -0.462 e. The lowest BCUT2D eigenvalue weighted by molar-refractivity contribution is 0.0505. The number of unbranched alkanes of at least 4 members (excludes halogenated alkanes) is 1. The van der Waals surface area contributed by atoms with Gasteiger partial charge in [-0.15, -0.1) is 0 Å². The van der Waals surface area contributed by atoms with Gasteiger partial charge in [-0.25, -0.2) is 4.79 Å². The third-order valence-electron chi connectivity index (χ3n) is 6.78. The third-order valence-corrected chi connectivity index (χ3v) is 6.78. The molecule has 0 unspecified atom stereocenters. The highest BCUT2D eigenvalue weighted by Crippen LogP contribution is 2.50. The first-order chi connectivity index (χ1) is 15.1. The number of aryl methyl sites for hydroxylation is 1. The molecule has 0 aromatic heterocycles. The van der Waals surface area contributed by atoms with Crippen molar-refractivity contribution < 1.29 is 9.53 Å². The summed E-state index contributed by atoms with van der Waals surface area (Å²) < 4.78 is 5.25. The zero-order chi connectivity index (χ0) is 23.5. The molecule has 0 heterocycles. The van der Waals surface area contributed by atoms with E-state index in [2.05, 4.69) is 59.8 Å². The lowest BCUT2D eigenvalue weighted by atomic mass is 9.82. The standard InChI is InChI=1S/C30H40O2/c1-8-10-11-24-18-26-27(30(6,7)20-29(26,4)5)19-25(24)21(3)17-22-12-14-23(15-13-22)28(31)32-16-9-2/h12-15,17-19H,8-11,16,20H2,1-7H3. The highest BCUT2D eigenvalue weighted by Gasteiger charge is 2.42. The molecule has 2 aromatic rings. The number of carbonyl (C=O) groups excluding carboxylic acids is 1. The van der Waals surface area contributed by atoms with E-state index in [4.69, 9.17) is 4.74 Å². The number of rotatable bonds is 8. The maximum absolute atomic E-state index is 12.1. The van der Waals surface area contributed by atoms with E-state index in [0.29, 0.717) is 12.2 Å². The normalized spacial score (nSPS) is 16.7. The van der Waals surface area contributed by atoms with E-state index < -0.39 is 0 Å². The molecule has 2 aromatic carbocycles. The Balaban J connectivity index is 1.97. The molecule has 3 rings (SSSR count). The second-order valence-electron chi connectivity index (χ2n) is 10.7. The highest BCUT2D eigenvalue weighted by atomic mass is 16.5. The van der Waals surface area contributed by atoms with Crippen molar-refractivity contribution in [1.29, 1.82) is 0 Å². The fourth-order valence-corrected chi connectivity index (χ4v) is 5.32. The van der Waals surface area contributed by atoms with Crippen molar-refractivity contribution in [3.63, 3.8) is 0 Å². The number of fused-ring (bicyclic) bond motifs is 1. The van der Waals surface area contributed by atoms with Crippen LogP contribution in [0.25, 0.3) is 11.6 Å². The second kappa shape index (κ2) is 9.65. The van der Waals surface area contributed by atoms with E-state index in [1.165, 1.54) is 47.1 Å². The number of benzene rings is 2. The molecule has 0 saturated carbocycles. The molecule has 0 aliphatic heterocycles. The van der Waals surface area contributed by atoms with E-state index in [1.807, 2.05) is 31.2 Å². The Bertz CT molecular complexity index is 990. The summed E-state index contributed by atoms with van der Waals surface area (Å²) >= 11 is 0. The quantitative estimate of drug-likeness (QED) is 0.311. The molecule has 1 aliphatic carbocycles. The van der Waals surface area contributed by atoms with Gasteiger partial charge in [0.1, 0.15) is 0 Å². The zero-order valence-corrected chi connectivity index (χ0v) is 21.1. The van der Waals surface area contributed by atoms with Crippen molar-refractivity contribution in [2.24, 2.45) is 0 Å². The Morgan fingerprint density at radius 2 is 1.59 bits per heavy atom. The molecule has 2 nitrogen and oxygen atoms in total. The predicted molar refractivity (Wildman–Crippen MR) is 136 cm³/mol. The second-order valence-corrected chi connectivity index (χ2v) is 10.7. The summed E-state index contributed by atoms with van der Waals surface area (Å²) in [6.07, 6.45) is 7.78. The number of carbonyl (C=O) groups is 1. The Labute approximate surface area is 195 Å². The molecule has 0 atom stereocenters. The highest BCUT2D eigenvalue weighted by molar-refractivity contribution is 5.90. The lowest BCUT2D eigenvalue weighted by Crippen LogP contribution is -2.18. The minimum absolute atomic E-state index is 0.192. The SMILES string of the molecule is CCCCc1cc2c(cc1C(C)=Cc1ccc(C(=O)OCCC)cc1)C(C)(C)CC2(C)C. The molecule has 0 N–H and O–H groups in total. The fraction of sp³-hybridized carbons (Fsp3) is 0.500. The minimum atomic E-state index is -0.246. The van der Waals surface area contributed by atoms with Crippen molar-refractivity contribution in [1.82, 2.24) is 0 Å². The van der Waals surface area contributed by atoms with Gasteiger partial charge in [0.15, 0.2) is 0 Å². The van der Waals surface area contributed by atoms with Crippen molar-refractivity contribution in [2.75, 3.05) is 6.61 Å². The van der Waals surface area contributed by atoms with Gasteiger partial charge in [-0.3, -0.25) is 0 Å². The van der Waals surface area contributed by atoms with E-state index in [0.717, 1.165) is 18.4 Å². The zero-order valence-electron chi connectivity index (χ0n) is 21.1. The number of allylic oxidation sites excluding steroid dienone is 1. The van der Waals surface area contributed by atoms with Gasteiger partial charge in [-0.2, -0.15) is 0 Å². The molecule has 1 aliphatic rings. The first-order valence-corrected chi connectivity index (χ1v) is 12.2. The number of hydrogen-bond donors (Lipinski definition) is 0. The largest absolute Gasteiger partial charge is 0.462 e. The van der Waals surface area contributed by atoms with Gasteiger partial charge < -0.3 is 4.74 Å². The lowest BCUT2D eigenvalue weighted by Gasteiger charge is -2.22. The van der Waals surface area contributed by atoms with Crippen LogP contribution in [-0.4, -0.2) is 12.6 Å². The van der Waals surface area contributed by atoms with Gasteiger partial charge in [0.05, 0.1) is 12.2 Å². The van der Waals surface area contributed by atoms with Crippen LogP contribution in [0.4, 0.5) is 0 Å². The molecule has 32 heavy (non-hydrogen) atoms. The molecule has 0 fully saturated rings. The maximum atomic E-state index is 12.1. The Morgan fingerprint density at radius 3 is 2.19 bits per heavy atom. The molecule has 2 heteroatoms. The molecule has 0 amide bonds. The van der Waals surface area contributed by atoms with Gasteiger partial charge in [0.2, 0.25) is 0 Å². The fourth-order valence-electron chi connectivity index (χ4n) is 5.32. The van der Waals surface area contributed by atoms with Crippen molar-refractivity contribution >= 4 is 17.6 Å². The molecular weight excluding hydrogens is 392 g/mol. The average Bonchev–Trinajstić information content (AvgIpc) is 2.93. The van der Waals surface area contributed by atoms with Crippen LogP contribution in [0, 0.1) is 0 Å². The summed E-state index contributed by atoms with van der Waals surface area (Å²) in [6.45, 7) is 16.5. The van der Waals surface area contributed by atoms with Crippen LogP contribution in [0.5, 0.6) is 0 Å². The predicted octanol–water partition coefficient (Wildman–Crippen LogP) is 8.12. The van der Waals surface area contributed by atoms with Gasteiger partial charge in [-0.1, -0.05) is 78.3 Å². The topological polar surface area (TPSA) is 26.3 Å². The molecular formula is C30H40O2. The number of esters is 1. The average molecular weight is 433 g/mol. The molecule has 0 bridgehead atoms. The summed E-state index contributed by atoms with van der Waals surface area (Å²) in [6, 6.07) is 12.7. The van der Waals surface area contributed by atoms with E-state index in [-0.39, 0.29) is 16.8 Å². The number of hydrogen-bond acceptors (Lipinski definition) is 2. The van der Waals surface area contributed by atoms with Crippen molar-refractivity contribution in [3.8, 4) is 0 Å². The molecule has 0 spiro atoms. The molecule has 172 valence electrons. The summed E-state index contributed by atoms with van der Waals surface area (Å²) in [5.41, 5.74) is 9.27. The van der Waals surface area contributed by atoms with Crippen LogP contribution in [0.15, 0.2) is 36.4 Å². The van der Waals surface area contributed by atoms with Crippen LogP contribution in [0.3, 0.4) is 0 Å². The molecule has 0 radical (unpaired) electrons. The van der Waals surface area contributed by atoms with Crippen molar-refractivity contribution in [2.45, 2.75) is 91.4 Å². The van der Waals surface area contributed by atoms with E-state index in [1.54, 1.807) is 0 Å². The Kier molecular flexibility index (Phi) is 7.32. The number of ether oxygens (including phenoxy) is 1. The van der Waals surface area contributed by atoms with Crippen LogP contribution in [0.2, 0.25) is 0 Å². The van der Waals surface area contributed by atoms with Gasteiger partial charge >= 0.3 is 5.97 Å². The van der Waals surface area contributed by atoms with Crippen LogP contribution in [-0.2, 0) is 22.0 Å². The van der Waals surface area contributed by atoms with Gasteiger partial charge in [0.25, 0.3) is 0 Å². The summed E-state index contributed by atoms with van der Waals surface area (Å²) in [5, 5.41) is 0. The first-order valence-electron chi connectivity index (χ1n) is 12.2. The van der Waals surface area contributed by atoms with Crippen LogP contribution >= 0.6 is 0 Å². The Morgan fingerprint density at radius 1 is 0.969 bits per heavy atom. The maximum Gasteiger partial charge on any atom is 0.338 e. The molecule has 0 saturated heterocycles. The van der Waals surface area contributed by atoms with E-state index >= 15 is 0 Å². The summed E-state index contributed by atoms with van der Waals surface area (Å²) in [5.74, 6) is -0.246. The van der Waals surface area contributed by atoms with Crippen molar-refractivity contribution in [3.05, 3.63) is 69.8 Å². The van der Waals surface area contributed by atoms with Gasteiger partial charge in [-0.05, 0) is 89.0 Å². The first kappa shape index (κ1) is 24.3. The smallest absolute Gasteiger partial charge is 0.338 e. The van der Waals surface area contributed by atoms with Gasteiger partial charge in [0, 0.05) is 0 Å². The van der Waals surface area contributed by atoms with Crippen LogP contribution in [0.1, 0.15) is 112 Å². The van der Waals surface area contributed by atoms with Crippen LogP contribution < -0.4 is 0 Å². The monoisotopic (exact) mass is 432 g/mol. The summed E-state index contributed by atoms with van der Waals surface area (Å²) in [7, 11) is 0. The van der Waals surface area contributed by atoms with E-state index in [9.17, 15) is 4.79 Å². The summed E-state index contributed by atoms with van der Waals surface area (Å²) in [4.78, 5) is 12.1. The third kappa shape index (κ3) is 5.17. The Hall–Kier alpha value is -2.35.